The van der Waals surface area contributed by atoms with Crippen LogP contribution in [0.25, 0.3) is 0 Å². The van der Waals surface area contributed by atoms with Crippen LogP contribution in [0.3, 0.4) is 0 Å². The first-order valence-electron chi connectivity index (χ1n) is 9.59. The SMILES string of the molecule is Cc1cnc(CN2CC3(CCCN(CCCC(F)(F)F)C3)CCC2=O)cn1. The van der Waals surface area contributed by atoms with Gasteiger partial charge in [-0.1, -0.05) is 0 Å². The fourth-order valence-corrected chi connectivity index (χ4v) is 4.28. The Morgan fingerprint density at radius 3 is 2.70 bits per heavy atom. The number of halogens is 3. The van der Waals surface area contributed by atoms with Gasteiger partial charge in [-0.2, -0.15) is 13.2 Å². The number of carbonyl (C=O) groups excluding carboxylic acids is 1. The Morgan fingerprint density at radius 2 is 2.00 bits per heavy atom. The number of carbonyl (C=O) groups is 1. The number of hydrogen-bond donors (Lipinski definition) is 0. The molecule has 1 aromatic heterocycles. The number of rotatable bonds is 5. The maximum absolute atomic E-state index is 12.4. The first-order chi connectivity index (χ1) is 12.7. The van der Waals surface area contributed by atoms with Gasteiger partial charge in [-0.05, 0) is 45.7 Å². The molecule has 3 rings (SSSR count). The van der Waals surface area contributed by atoms with Crippen molar-refractivity contribution in [2.75, 3.05) is 26.2 Å². The monoisotopic (exact) mass is 384 g/mol. The topological polar surface area (TPSA) is 49.3 Å². The maximum atomic E-state index is 12.4. The summed E-state index contributed by atoms with van der Waals surface area (Å²) in [5.74, 6) is 0.122. The Morgan fingerprint density at radius 1 is 1.19 bits per heavy atom. The molecule has 0 bridgehead atoms. The fraction of sp³-hybridized carbons (Fsp3) is 0.737. The highest BCUT2D eigenvalue weighted by Crippen LogP contribution is 2.39. The van der Waals surface area contributed by atoms with E-state index in [-0.39, 0.29) is 17.7 Å². The molecule has 5 nitrogen and oxygen atoms in total. The summed E-state index contributed by atoms with van der Waals surface area (Å²) >= 11 is 0. The molecule has 2 fully saturated rings. The van der Waals surface area contributed by atoms with E-state index in [1.165, 1.54) is 0 Å². The van der Waals surface area contributed by atoms with Gasteiger partial charge >= 0.3 is 6.18 Å². The van der Waals surface area contributed by atoms with Crippen molar-refractivity contribution in [2.24, 2.45) is 5.41 Å². The van der Waals surface area contributed by atoms with Gasteiger partial charge in [0.05, 0.1) is 24.1 Å². The van der Waals surface area contributed by atoms with Crippen LogP contribution in [0.15, 0.2) is 12.4 Å². The smallest absolute Gasteiger partial charge is 0.336 e. The standard InChI is InChI=1S/C19H27F3N4O/c1-15-10-24-16(11-23-15)12-26-14-18(7-4-17(26)27)5-2-8-25(13-18)9-3-6-19(20,21)22/h10-11H,2-9,12-14H2,1H3. The molecule has 3 heterocycles. The average Bonchev–Trinajstić information content (AvgIpc) is 2.60. The van der Waals surface area contributed by atoms with Crippen LogP contribution in [0, 0.1) is 12.3 Å². The molecule has 0 N–H and O–H groups in total. The molecule has 1 spiro atoms. The van der Waals surface area contributed by atoms with Crippen molar-refractivity contribution in [1.82, 2.24) is 19.8 Å². The largest absolute Gasteiger partial charge is 0.389 e. The summed E-state index contributed by atoms with van der Waals surface area (Å²) in [5.41, 5.74) is 1.59. The molecule has 1 unspecified atom stereocenters. The van der Waals surface area contributed by atoms with Gasteiger partial charge in [-0.15, -0.1) is 0 Å². The molecule has 0 aliphatic carbocycles. The molecule has 1 amide bonds. The molecule has 1 aromatic rings. The van der Waals surface area contributed by atoms with Crippen LogP contribution < -0.4 is 0 Å². The molecule has 1 atom stereocenters. The fourth-order valence-electron chi connectivity index (χ4n) is 4.28. The zero-order valence-corrected chi connectivity index (χ0v) is 15.8. The minimum atomic E-state index is -4.09. The van der Waals surface area contributed by atoms with Gasteiger partial charge in [0.15, 0.2) is 0 Å². The number of nitrogens with zero attached hydrogens (tertiary/aromatic N) is 4. The summed E-state index contributed by atoms with van der Waals surface area (Å²) < 4.78 is 37.2. The maximum Gasteiger partial charge on any atom is 0.389 e. The highest BCUT2D eigenvalue weighted by Gasteiger charge is 2.41. The van der Waals surface area contributed by atoms with Gasteiger partial charge in [0.1, 0.15) is 0 Å². The molecular formula is C19H27F3N4O. The number of aromatic nitrogens is 2. The summed E-state index contributed by atoms with van der Waals surface area (Å²) in [5, 5.41) is 0. The van der Waals surface area contributed by atoms with E-state index in [4.69, 9.17) is 0 Å². The minimum Gasteiger partial charge on any atom is -0.336 e. The zero-order valence-electron chi connectivity index (χ0n) is 15.8. The van der Waals surface area contributed by atoms with E-state index >= 15 is 0 Å². The van der Waals surface area contributed by atoms with E-state index in [0.717, 1.165) is 43.7 Å². The molecule has 2 aliphatic heterocycles. The lowest BCUT2D eigenvalue weighted by atomic mass is 9.73. The van der Waals surface area contributed by atoms with Crippen LogP contribution in [-0.4, -0.2) is 58.0 Å². The Bertz CT molecular complexity index is 649. The molecule has 8 heteroatoms. The van der Waals surface area contributed by atoms with E-state index in [1.807, 2.05) is 11.8 Å². The molecule has 2 aliphatic rings. The summed E-state index contributed by atoms with van der Waals surface area (Å²) in [6.07, 6.45) is 2.03. The van der Waals surface area contributed by atoms with E-state index in [0.29, 0.717) is 26.1 Å². The van der Waals surface area contributed by atoms with Crippen molar-refractivity contribution in [2.45, 2.75) is 58.2 Å². The minimum absolute atomic E-state index is 0.0114. The second kappa shape index (κ2) is 8.12. The Balaban J connectivity index is 1.59. The molecule has 2 saturated heterocycles. The normalized spacial score (nSPS) is 24.6. The third kappa shape index (κ3) is 5.64. The first-order valence-corrected chi connectivity index (χ1v) is 9.59. The lowest BCUT2D eigenvalue weighted by molar-refractivity contribution is -0.142. The summed E-state index contributed by atoms with van der Waals surface area (Å²) in [6.45, 7) is 5.05. The second-order valence-electron chi connectivity index (χ2n) is 8.00. The Labute approximate surface area is 158 Å². The third-order valence-electron chi connectivity index (χ3n) is 5.61. The molecule has 27 heavy (non-hydrogen) atoms. The van der Waals surface area contributed by atoms with Crippen molar-refractivity contribution < 1.29 is 18.0 Å². The molecule has 0 radical (unpaired) electrons. The third-order valence-corrected chi connectivity index (χ3v) is 5.61. The lowest BCUT2D eigenvalue weighted by Gasteiger charge is -2.48. The number of piperidine rings is 2. The van der Waals surface area contributed by atoms with Crippen molar-refractivity contribution in [3.05, 3.63) is 23.8 Å². The predicted molar refractivity (Wildman–Crippen MR) is 94.8 cm³/mol. The van der Waals surface area contributed by atoms with E-state index in [1.54, 1.807) is 12.4 Å². The van der Waals surface area contributed by atoms with Crippen LogP contribution in [0.1, 0.15) is 49.9 Å². The Hall–Kier alpha value is -1.70. The van der Waals surface area contributed by atoms with Crippen LogP contribution in [-0.2, 0) is 11.3 Å². The zero-order chi connectivity index (χ0) is 19.5. The van der Waals surface area contributed by atoms with Gasteiger partial charge in [0, 0.05) is 37.5 Å². The second-order valence-corrected chi connectivity index (χ2v) is 8.00. The van der Waals surface area contributed by atoms with Crippen LogP contribution in [0.4, 0.5) is 13.2 Å². The van der Waals surface area contributed by atoms with Crippen molar-refractivity contribution in [1.29, 1.82) is 0 Å². The van der Waals surface area contributed by atoms with Crippen molar-refractivity contribution in [3.8, 4) is 0 Å². The average molecular weight is 384 g/mol. The Kier molecular flexibility index (Phi) is 6.03. The number of aryl methyl sites for hydroxylation is 1. The number of hydrogen-bond acceptors (Lipinski definition) is 4. The van der Waals surface area contributed by atoms with Gasteiger partial charge < -0.3 is 9.80 Å². The quantitative estimate of drug-likeness (QED) is 0.781. The number of likely N-dealkylation sites (tertiary alicyclic amines) is 2. The van der Waals surface area contributed by atoms with Crippen molar-refractivity contribution >= 4 is 5.91 Å². The van der Waals surface area contributed by atoms with E-state index < -0.39 is 12.6 Å². The summed E-state index contributed by atoms with van der Waals surface area (Å²) in [6, 6.07) is 0. The highest BCUT2D eigenvalue weighted by atomic mass is 19.4. The summed E-state index contributed by atoms with van der Waals surface area (Å²) in [4.78, 5) is 25.0. The number of amides is 1. The number of alkyl halides is 3. The van der Waals surface area contributed by atoms with E-state index in [2.05, 4.69) is 14.9 Å². The molecule has 150 valence electrons. The van der Waals surface area contributed by atoms with E-state index in [9.17, 15) is 18.0 Å². The van der Waals surface area contributed by atoms with Gasteiger partial charge in [0.25, 0.3) is 0 Å². The van der Waals surface area contributed by atoms with Gasteiger partial charge in [-0.3, -0.25) is 14.8 Å². The van der Waals surface area contributed by atoms with Crippen molar-refractivity contribution in [3.63, 3.8) is 0 Å². The summed E-state index contributed by atoms with van der Waals surface area (Å²) in [7, 11) is 0. The van der Waals surface area contributed by atoms with Gasteiger partial charge in [0.2, 0.25) is 5.91 Å². The van der Waals surface area contributed by atoms with Crippen LogP contribution in [0.2, 0.25) is 0 Å². The predicted octanol–water partition coefficient (Wildman–Crippen LogP) is 3.33. The first kappa shape index (κ1) is 20.0. The van der Waals surface area contributed by atoms with Gasteiger partial charge in [-0.25, -0.2) is 0 Å². The molecule has 0 aromatic carbocycles. The van der Waals surface area contributed by atoms with Crippen LogP contribution in [0.5, 0.6) is 0 Å². The lowest BCUT2D eigenvalue weighted by Crippen LogP contribution is -2.53. The molecule has 0 saturated carbocycles. The highest BCUT2D eigenvalue weighted by molar-refractivity contribution is 5.77. The van der Waals surface area contributed by atoms with Crippen LogP contribution >= 0.6 is 0 Å². The molecular weight excluding hydrogens is 357 g/mol.